The third-order valence-corrected chi connectivity index (χ3v) is 8.52. The summed E-state index contributed by atoms with van der Waals surface area (Å²) in [4.78, 5) is 0. The Balaban J connectivity index is 1.56. The van der Waals surface area contributed by atoms with Crippen molar-refractivity contribution in [2.45, 2.75) is 0 Å². The number of hydrogen-bond donors (Lipinski definition) is 0. The summed E-state index contributed by atoms with van der Waals surface area (Å²) in [6.45, 7) is 0. The quantitative estimate of drug-likeness (QED) is 0.137. The lowest BCUT2D eigenvalue weighted by Crippen LogP contribution is -1.92. The van der Waals surface area contributed by atoms with Gasteiger partial charge in [0.1, 0.15) is 11.3 Å². The Hall–Kier alpha value is -6.44. The smallest absolute Gasteiger partial charge is 0.143 e. The number of hydrogen-bond acceptors (Lipinski definition) is 1. The van der Waals surface area contributed by atoms with Crippen LogP contribution in [0.15, 0.2) is 186 Å². The first-order valence-corrected chi connectivity index (χ1v) is 15.1. The molecule has 10 aromatic rings. The summed E-state index contributed by atoms with van der Waals surface area (Å²) < 4.78 is 205. The summed E-state index contributed by atoms with van der Waals surface area (Å²) in [6, 6.07) is -3.60. The van der Waals surface area contributed by atoms with Crippen molar-refractivity contribution >= 4 is 54.1 Å². The lowest BCUT2D eigenvalue weighted by molar-refractivity contribution is 0.633. The van der Waals surface area contributed by atoms with Gasteiger partial charge in [-0.15, -0.1) is 0 Å². The zero-order chi connectivity index (χ0) is 51.5. The Kier molecular flexibility index (Phi) is 3.07. The van der Waals surface area contributed by atoms with Crippen molar-refractivity contribution in [3.8, 4) is 44.7 Å². The van der Waals surface area contributed by atoms with E-state index in [9.17, 15) is 9.60 Å². The predicted octanol–water partition coefficient (Wildman–Crippen LogP) is 13.7. The number of rotatable bonds is 4. The molecule has 1 nitrogen and oxygen atoms in total. The van der Waals surface area contributed by atoms with Gasteiger partial charge in [-0.25, -0.2) is 0 Å². The minimum Gasteiger partial charge on any atom is -0.455 e. The minimum absolute atomic E-state index is 0.00128. The fourth-order valence-electron chi connectivity index (χ4n) is 6.48. The van der Waals surface area contributed by atoms with Crippen LogP contribution in [-0.2, 0) is 0 Å². The van der Waals surface area contributed by atoms with Crippen LogP contribution in [0.5, 0.6) is 0 Å². The average molecular weight is 645 g/mol. The molecule has 228 valence electrons. The summed E-state index contributed by atoms with van der Waals surface area (Å²) in [5, 5.41) is -2.96. The van der Waals surface area contributed by atoms with Crippen molar-refractivity contribution in [3.05, 3.63) is 181 Å². The van der Waals surface area contributed by atoms with Crippen LogP contribution in [0.4, 0.5) is 0 Å². The van der Waals surface area contributed by atoms with Gasteiger partial charge in [-0.1, -0.05) is 163 Å². The summed E-state index contributed by atoms with van der Waals surface area (Å²) in [5.41, 5.74) is -1.31. The molecule has 0 saturated carbocycles. The van der Waals surface area contributed by atoms with Gasteiger partial charge in [0, 0.05) is 22.1 Å². The second-order valence-corrected chi connectivity index (χ2v) is 11.1. The van der Waals surface area contributed by atoms with E-state index in [0.717, 1.165) is 0 Å². The normalized spacial score (nSPS) is 18.0. The summed E-state index contributed by atoms with van der Waals surface area (Å²) in [5.74, 6) is -0.526. The molecule has 49 heavy (non-hydrogen) atoms. The molecule has 0 amide bonds. The molecule has 1 heterocycles. The third-order valence-electron chi connectivity index (χ3n) is 8.52. The molecule has 0 atom stereocenters. The minimum atomic E-state index is -0.823. The van der Waals surface area contributed by atoms with Gasteiger partial charge in [-0.05, 0) is 83.5 Å². The highest BCUT2D eigenvalue weighted by atomic mass is 16.3. The number of furan rings is 1. The van der Waals surface area contributed by atoms with Crippen LogP contribution in [0.3, 0.4) is 0 Å². The van der Waals surface area contributed by atoms with E-state index in [1.54, 1.807) is 30.3 Å². The van der Waals surface area contributed by atoms with Gasteiger partial charge >= 0.3 is 0 Å². The van der Waals surface area contributed by atoms with Gasteiger partial charge in [0.05, 0.1) is 30.2 Å². The molecule has 0 unspecified atom stereocenters. The molecule has 0 aliphatic heterocycles. The Labute approximate surface area is 315 Å². The maximum Gasteiger partial charge on any atom is 0.143 e. The molecule has 1 aromatic heterocycles. The Morgan fingerprint density at radius 2 is 0.959 bits per heavy atom. The van der Waals surface area contributed by atoms with Crippen molar-refractivity contribution in [1.29, 1.82) is 0 Å². The van der Waals surface area contributed by atoms with Crippen molar-refractivity contribution in [3.63, 3.8) is 0 Å². The van der Waals surface area contributed by atoms with Gasteiger partial charge in [-0.2, -0.15) is 0 Å². The van der Waals surface area contributed by atoms with Crippen LogP contribution in [-0.4, -0.2) is 0 Å². The highest BCUT2D eigenvalue weighted by molar-refractivity contribution is 6.26. The zero-order valence-corrected chi connectivity index (χ0v) is 25.0. The van der Waals surface area contributed by atoms with Crippen molar-refractivity contribution in [1.82, 2.24) is 0 Å². The Morgan fingerprint density at radius 1 is 0.388 bits per heavy atom. The van der Waals surface area contributed by atoms with Gasteiger partial charge in [0.15, 0.2) is 0 Å². The maximum absolute atomic E-state index is 9.92. The van der Waals surface area contributed by atoms with Gasteiger partial charge in [0.2, 0.25) is 0 Å². The van der Waals surface area contributed by atoms with Gasteiger partial charge in [0.25, 0.3) is 0 Å². The second-order valence-electron chi connectivity index (χ2n) is 11.1. The molecule has 10 rings (SSSR count). The Bertz CT molecular complexity index is 4020. The first-order valence-electron chi connectivity index (χ1n) is 26.1. The van der Waals surface area contributed by atoms with E-state index >= 15 is 0 Å². The summed E-state index contributed by atoms with van der Waals surface area (Å²) >= 11 is 0. The highest BCUT2D eigenvalue weighted by Gasteiger charge is 2.25. The van der Waals surface area contributed by atoms with Crippen LogP contribution in [0.1, 0.15) is 30.2 Å². The monoisotopic (exact) mass is 644 g/mol. The molecule has 9 aromatic carbocycles. The fraction of sp³-hybridized carbons (Fsp3) is 0. The van der Waals surface area contributed by atoms with Crippen molar-refractivity contribution in [2.75, 3.05) is 0 Å². The lowest BCUT2D eigenvalue weighted by Gasteiger charge is -2.18. The molecular formula is C48H30O. The SMILES string of the molecule is [2H]c1c([2H])c([2H])c(-c2ccc3c(-c4c5c([2H])c([2H])c([2H])c([2H])c5c(-c5ccccc5)c5c([2H])c([2H])c([2H])c([2H])c45)c(-c4c([2H])c5c([2H])c([2H])c([2H])c([2H])c5c5c([2H])c([2H])c([2H])c([2H])c45)oc3c2)c([2H])c1[2H]. The molecule has 0 N–H and O–H groups in total. The van der Waals surface area contributed by atoms with Crippen LogP contribution < -0.4 is 0 Å². The van der Waals surface area contributed by atoms with E-state index in [1.807, 2.05) is 0 Å². The van der Waals surface area contributed by atoms with Crippen LogP contribution in [0, 0.1) is 0 Å². The van der Waals surface area contributed by atoms with Crippen LogP contribution in [0.2, 0.25) is 0 Å². The molecule has 0 aliphatic rings. The van der Waals surface area contributed by atoms with Crippen molar-refractivity contribution < 1.29 is 34.6 Å². The van der Waals surface area contributed by atoms with E-state index in [4.69, 9.17) is 25.0 Å². The average Bonchev–Trinajstić information content (AvgIpc) is 3.73. The second kappa shape index (κ2) is 11.1. The van der Waals surface area contributed by atoms with Crippen LogP contribution >= 0.6 is 0 Å². The molecular weight excluding hydrogens is 593 g/mol. The van der Waals surface area contributed by atoms with Crippen molar-refractivity contribution in [2.24, 2.45) is 0 Å². The van der Waals surface area contributed by atoms with E-state index in [1.165, 1.54) is 18.2 Å². The molecule has 0 aliphatic carbocycles. The standard InChI is InChI=1S/C48H30O/c1-3-15-31(16-4-1)33-27-28-42-44(30-33)49-48(43-29-34-19-7-8-20-35(34)36-21-9-10-22-37(36)43)47(42)46-40-25-13-11-23-38(40)45(32-17-5-2-6-18-32)39-24-12-14-26-41(39)46/h1-30H/i1D,3D,4D,7D,8D,9D,10D,11D,12D,13D,14D,15D,16D,19D,20D,21D,22D,23D,24D,25D,26D,29D. The molecule has 0 spiro atoms. The highest BCUT2D eigenvalue weighted by Crippen LogP contribution is 2.51. The van der Waals surface area contributed by atoms with Gasteiger partial charge < -0.3 is 4.42 Å². The zero-order valence-electron chi connectivity index (χ0n) is 47.0. The van der Waals surface area contributed by atoms with Gasteiger partial charge in [-0.3, -0.25) is 0 Å². The number of fused-ring (bicyclic) bond motifs is 6. The molecule has 1 heteroatoms. The Morgan fingerprint density at radius 3 is 1.65 bits per heavy atom. The predicted molar refractivity (Wildman–Crippen MR) is 208 cm³/mol. The van der Waals surface area contributed by atoms with E-state index in [0.29, 0.717) is 5.56 Å². The molecule has 0 saturated heterocycles. The topological polar surface area (TPSA) is 13.1 Å². The van der Waals surface area contributed by atoms with Crippen LogP contribution in [0.25, 0.3) is 98.8 Å². The van der Waals surface area contributed by atoms with E-state index < -0.39 is 166 Å². The number of benzene rings is 9. The molecule has 0 fully saturated rings. The van der Waals surface area contributed by atoms with E-state index in [-0.39, 0.29) is 60.3 Å². The summed E-state index contributed by atoms with van der Waals surface area (Å²) in [6.07, 6.45) is 0. The molecule has 0 radical (unpaired) electrons. The summed E-state index contributed by atoms with van der Waals surface area (Å²) in [7, 11) is 0. The lowest BCUT2D eigenvalue weighted by atomic mass is 9.84. The van der Waals surface area contributed by atoms with E-state index in [2.05, 4.69) is 0 Å². The third kappa shape index (κ3) is 4.33. The fourth-order valence-corrected chi connectivity index (χ4v) is 6.48. The first kappa shape index (κ1) is 13.6. The maximum atomic E-state index is 9.92. The largest absolute Gasteiger partial charge is 0.455 e. The first-order chi connectivity index (χ1) is 33.5. The molecule has 0 bridgehead atoms.